The second-order valence-corrected chi connectivity index (χ2v) is 7.46. The minimum absolute atomic E-state index is 0.514. The predicted octanol–water partition coefficient (Wildman–Crippen LogP) is 5.42. The molecule has 0 amide bonds. The normalized spacial score (nSPS) is 13.6. The van der Waals surface area contributed by atoms with Crippen molar-refractivity contribution in [1.82, 2.24) is 0 Å². The topological polar surface area (TPSA) is 38.3 Å². The average molecular weight is 361 g/mol. The van der Waals surface area contributed by atoms with E-state index < -0.39 is 7.52 Å². The van der Waals surface area contributed by atoms with Crippen molar-refractivity contribution in [3.8, 4) is 5.75 Å². The molecule has 19 heavy (non-hydrogen) atoms. The van der Waals surface area contributed by atoms with E-state index in [0.717, 1.165) is 10.2 Å². The minimum atomic E-state index is -2.97. The molecule has 0 fully saturated rings. The summed E-state index contributed by atoms with van der Waals surface area (Å²) in [6, 6.07) is 14.1. The van der Waals surface area contributed by atoms with E-state index in [0.29, 0.717) is 10.8 Å². The molecule has 2 aromatic rings. The highest BCUT2D eigenvalue weighted by Gasteiger charge is 2.17. The van der Waals surface area contributed by atoms with E-state index in [1.807, 2.05) is 24.3 Å². The summed E-state index contributed by atoms with van der Waals surface area (Å²) in [5.41, 5.74) is 0.739. The molecule has 3 nitrogen and oxygen atoms in total. The molecule has 0 aromatic heterocycles. The summed E-state index contributed by atoms with van der Waals surface area (Å²) < 4.78 is 18.8. The van der Waals surface area contributed by atoms with Gasteiger partial charge in [0.05, 0.1) is 0 Å². The maximum Gasteiger partial charge on any atom is 0.338 e. The van der Waals surface area contributed by atoms with Crippen molar-refractivity contribution in [2.45, 2.75) is 0 Å². The highest BCUT2D eigenvalue weighted by molar-refractivity contribution is 9.10. The summed E-state index contributed by atoms with van der Waals surface area (Å²) in [7, 11) is -2.97. The molecule has 0 saturated carbocycles. The van der Waals surface area contributed by atoms with Gasteiger partial charge in [0.1, 0.15) is 5.75 Å². The molecule has 0 radical (unpaired) electrons. The fraction of sp³-hybridized carbons (Fsp3) is 0.0769. The first kappa shape index (κ1) is 14.4. The van der Waals surface area contributed by atoms with Crippen LogP contribution in [0, 0.1) is 0 Å². The molecule has 2 aromatic carbocycles. The van der Waals surface area contributed by atoms with Gasteiger partial charge in [-0.15, -0.1) is 0 Å². The number of rotatable bonds is 4. The van der Waals surface area contributed by atoms with Gasteiger partial charge in [0.2, 0.25) is 0 Å². The number of hydrogen-bond acceptors (Lipinski definition) is 2. The van der Waals surface area contributed by atoms with Gasteiger partial charge >= 0.3 is 7.52 Å². The van der Waals surface area contributed by atoms with Crippen LogP contribution >= 0.6 is 35.1 Å². The van der Waals surface area contributed by atoms with Gasteiger partial charge in [-0.2, -0.15) is 0 Å². The van der Waals surface area contributed by atoms with Crippen LogP contribution in [0.5, 0.6) is 5.75 Å². The summed E-state index contributed by atoms with van der Waals surface area (Å²) in [5.74, 6) is 0.514. The first-order valence-corrected chi connectivity index (χ1v) is 8.75. The van der Waals surface area contributed by atoms with Gasteiger partial charge in [-0.25, -0.2) is 0 Å². The van der Waals surface area contributed by atoms with Crippen molar-refractivity contribution in [3.63, 3.8) is 0 Å². The van der Waals surface area contributed by atoms with Crippen LogP contribution in [0.4, 0.5) is 5.69 Å². The lowest BCUT2D eigenvalue weighted by atomic mass is 10.3. The fourth-order valence-electron chi connectivity index (χ4n) is 1.48. The first-order chi connectivity index (χ1) is 8.94. The molecule has 0 aliphatic carbocycles. The standard InChI is InChI=1S/C13H12BrClNO2P/c1-19(17,16-12-6-2-10(14)3-7-12)18-13-8-4-11(15)5-9-13/h2-9H,1H3,(H,16,17)/t19-/m0/s1. The monoisotopic (exact) mass is 359 g/mol. The molecule has 100 valence electrons. The van der Waals surface area contributed by atoms with Gasteiger partial charge in [-0.1, -0.05) is 27.5 Å². The SMILES string of the molecule is C[P@@](=O)(Nc1ccc(Br)cc1)Oc1ccc(Cl)cc1. The van der Waals surface area contributed by atoms with Gasteiger partial charge in [-0.3, -0.25) is 4.57 Å². The van der Waals surface area contributed by atoms with Crippen LogP contribution in [0.15, 0.2) is 53.0 Å². The van der Waals surface area contributed by atoms with Gasteiger partial charge in [0.25, 0.3) is 0 Å². The Balaban J connectivity index is 2.08. The smallest absolute Gasteiger partial charge is 0.338 e. The highest BCUT2D eigenvalue weighted by Crippen LogP contribution is 2.43. The van der Waals surface area contributed by atoms with Crippen LogP contribution in [0.2, 0.25) is 5.02 Å². The van der Waals surface area contributed by atoms with Gasteiger partial charge in [0.15, 0.2) is 0 Å². The van der Waals surface area contributed by atoms with Crippen LogP contribution in [0.3, 0.4) is 0 Å². The van der Waals surface area contributed by atoms with E-state index in [1.54, 1.807) is 24.3 Å². The largest absolute Gasteiger partial charge is 0.429 e. The molecule has 2 rings (SSSR count). The molecule has 0 aliphatic rings. The van der Waals surface area contributed by atoms with E-state index in [9.17, 15) is 4.57 Å². The summed E-state index contributed by atoms with van der Waals surface area (Å²) in [6.45, 7) is 1.53. The van der Waals surface area contributed by atoms with Crippen LogP contribution in [-0.2, 0) is 4.57 Å². The van der Waals surface area contributed by atoms with Crippen LogP contribution < -0.4 is 9.61 Å². The Morgan fingerprint density at radius 2 is 1.68 bits per heavy atom. The van der Waals surface area contributed by atoms with E-state index >= 15 is 0 Å². The third-order valence-electron chi connectivity index (χ3n) is 2.27. The van der Waals surface area contributed by atoms with Crippen molar-refractivity contribution in [2.75, 3.05) is 11.8 Å². The number of anilines is 1. The summed E-state index contributed by atoms with van der Waals surface area (Å²) in [5, 5.41) is 3.50. The van der Waals surface area contributed by atoms with Crippen LogP contribution in [0.1, 0.15) is 0 Å². The van der Waals surface area contributed by atoms with E-state index in [2.05, 4.69) is 21.0 Å². The molecule has 0 spiro atoms. The zero-order valence-corrected chi connectivity index (χ0v) is 13.4. The second kappa shape index (κ2) is 6.00. The maximum absolute atomic E-state index is 12.3. The number of nitrogens with one attached hydrogen (secondary N) is 1. The van der Waals surface area contributed by atoms with Gasteiger partial charge < -0.3 is 9.61 Å². The Morgan fingerprint density at radius 3 is 2.26 bits per heavy atom. The Hall–Kier alpha value is -0.960. The summed E-state index contributed by atoms with van der Waals surface area (Å²) in [4.78, 5) is 0. The molecular formula is C13H12BrClNO2P. The van der Waals surface area contributed by atoms with E-state index in [-0.39, 0.29) is 0 Å². The fourth-order valence-corrected chi connectivity index (χ4v) is 3.06. The van der Waals surface area contributed by atoms with Crippen molar-refractivity contribution in [1.29, 1.82) is 0 Å². The highest BCUT2D eigenvalue weighted by atomic mass is 79.9. The van der Waals surface area contributed by atoms with Crippen molar-refractivity contribution in [2.24, 2.45) is 0 Å². The lowest BCUT2D eigenvalue weighted by Gasteiger charge is -2.17. The maximum atomic E-state index is 12.3. The lowest BCUT2D eigenvalue weighted by Crippen LogP contribution is -2.01. The molecule has 0 bridgehead atoms. The number of hydrogen-bond donors (Lipinski definition) is 1. The molecule has 1 N–H and O–H groups in total. The zero-order chi connectivity index (χ0) is 13.9. The first-order valence-electron chi connectivity index (χ1n) is 5.51. The average Bonchev–Trinajstić information content (AvgIpc) is 2.34. The summed E-state index contributed by atoms with van der Waals surface area (Å²) in [6.07, 6.45) is 0. The van der Waals surface area contributed by atoms with Crippen molar-refractivity contribution < 1.29 is 9.09 Å². The minimum Gasteiger partial charge on any atom is -0.429 e. The lowest BCUT2D eigenvalue weighted by molar-refractivity contribution is 0.493. The molecule has 1 atom stereocenters. The third kappa shape index (κ3) is 4.57. The van der Waals surface area contributed by atoms with E-state index in [1.165, 1.54) is 6.66 Å². The third-order valence-corrected chi connectivity index (χ3v) is 4.27. The molecule has 6 heteroatoms. The Kier molecular flexibility index (Phi) is 4.56. The van der Waals surface area contributed by atoms with Gasteiger partial charge in [-0.05, 0) is 48.5 Å². The van der Waals surface area contributed by atoms with Crippen LogP contribution in [-0.4, -0.2) is 6.66 Å². The molecule has 0 aliphatic heterocycles. The van der Waals surface area contributed by atoms with Crippen molar-refractivity contribution in [3.05, 3.63) is 58.0 Å². The quantitative estimate of drug-likeness (QED) is 0.740. The zero-order valence-electron chi connectivity index (χ0n) is 10.1. The molecular weight excluding hydrogens is 348 g/mol. The summed E-state index contributed by atoms with van der Waals surface area (Å²) >= 11 is 9.13. The second-order valence-electron chi connectivity index (χ2n) is 4.01. The molecule has 0 heterocycles. The Morgan fingerprint density at radius 1 is 1.11 bits per heavy atom. The number of benzene rings is 2. The van der Waals surface area contributed by atoms with E-state index in [4.69, 9.17) is 16.1 Å². The van der Waals surface area contributed by atoms with Crippen molar-refractivity contribution >= 4 is 40.7 Å². The number of halogens is 2. The Labute approximate surface area is 125 Å². The Bertz CT molecular complexity index is 550. The molecule has 0 unspecified atom stereocenters. The van der Waals surface area contributed by atoms with Crippen LogP contribution in [0.25, 0.3) is 0 Å². The molecule has 0 saturated heterocycles. The predicted molar refractivity (Wildman–Crippen MR) is 83.4 cm³/mol. The van der Waals surface area contributed by atoms with Gasteiger partial charge in [0, 0.05) is 21.8 Å².